The smallest absolute Gasteiger partial charge is 0.205 e. The highest BCUT2D eigenvalue weighted by Crippen LogP contribution is 2.33. The van der Waals surface area contributed by atoms with Gasteiger partial charge in [-0.2, -0.15) is 0 Å². The lowest BCUT2D eigenvalue weighted by Gasteiger charge is -2.34. The maximum atomic E-state index is 10.1. The molecule has 4 nitrogen and oxygen atoms in total. The molecule has 0 fully saturated rings. The minimum atomic E-state index is -1.35. The number of hydrogen-bond donors (Lipinski definition) is 3. The predicted octanol–water partition coefficient (Wildman–Crippen LogP) is 0.985. The Balaban J connectivity index is 2.87. The van der Waals surface area contributed by atoms with Crippen molar-refractivity contribution >= 4 is 5.84 Å². The van der Waals surface area contributed by atoms with E-state index in [4.69, 9.17) is 0 Å². The van der Waals surface area contributed by atoms with E-state index in [0.717, 1.165) is 12.8 Å². The zero-order chi connectivity index (χ0) is 10.8. The lowest BCUT2D eigenvalue weighted by Crippen LogP contribution is -2.57. The molecule has 1 rings (SSSR count). The predicted molar refractivity (Wildman–Crippen MR) is 56.0 cm³/mol. The number of hydrogen-bond acceptors (Lipinski definition) is 4. The van der Waals surface area contributed by atoms with Crippen molar-refractivity contribution in [1.82, 2.24) is 5.32 Å². The number of aliphatic hydroxyl groups is 2. The minimum absolute atomic E-state index is 0.414. The van der Waals surface area contributed by atoms with Crippen LogP contribution in [0.3, 0.4) is 0 Å². The number of rotatable bonds is 4. The summed E-state index contributed by atoms with van der Waals surface area (Å²) in [6, 6.07) is 0. The maximum Gasteiger partial charge on any atom is 0.205 e. The molecule has 1 aliphatic rings. The SMILES string of the molecule is CCCC1=NC(O)(CC)C(O)(CC)N1. The van der Waals surface area contributed by atoms with Crippen LogP contribution in [0.4, 0.5) is 0 Å². The summed E-state index contributed by atoms with van der Waals surface area (Å²) in [5.41, 5.74) is -2.64. The molecule has 4 heteroatoms. The second-order valence-corrected chi connectivity index (χ2v) is 3.82. The Morgan fingerprint density at radius 3 is 2.21 bits per heavy atom. The van der Waals surface area contributed by atoms with Gasteiger partial charge in [-0.3, -0.25) is 0 Å². The maximum absolute atomic E-state index is 10.1. The summed E-state index contributed by atoms with van der Waals surface area (Å²) < 4.78 is 0. The molecule has 2 unspecified atom stereocenters. The van der Waals surface area contributed by atoms with Crippen LogP contribution in [0.1, 0.15) is 46.5 Å². The Morgan fingerprint density at radius 1 is 1.21 bits per heavy atom. The summed E-state index contributed by atoms with van der Waals surface area (Å²) in [4.78, 5) is 4.16. The molecule has 0 aliphatic carbocycles. The summed E-state index contributed by atoms with van der Waals surface area (Å²) in [5, 5.41) is 23.2. The lowest BCUT2D eigenvalue weighted by molar-refractivity contribution is -0.148. The van der Waals surface area contributed by atoms with Crippen LogP contribution in [-0.4, -0.2) is 27.5 Å². The molecule has 0 amide bonds. The van der Waals surface area contributed by atoms with Gasteiger partial charge in [0.2, 0.25) is 5.72 Å². The summed E-state index contributed by atoms with van der Waals surface area (Å²) in [6.45, 7) is 5.69. The fraction of sp³-hybridized carbons (Fsp3) is 0.900. The van der Waals surface area contributed by atoms with Crippen LogP contribution in [0.15, 0.2) is 4.99 Å². The minimum Gasteiger partial charge on any atom is -0.367 e. The summed E-state index contributed by atoms with van der Waals surface area (Å²) in [6.07, 6.45) is 2.57. The standard InChI is InChI=1S/C10H20N2O2/c1-4-7-8-11-9(13,5-2)10(14,6-3)12-8/h13-14H,4-7H2,1-3H3,(H,11,12). The molecule has 0 saturated heterocycles. The second-order valence-electron chi connectivity index (χ2n) is 3.82. The first-order valence-electron chi connectivity index (χ1n) is 5.33. The first-order valence-corrected chi connectivity index (χ1v) is 5.33. The van der Waals surface area contributed by atoms with Crippen LogP contribution < -0.4 is 5.32 Å². The highest BCUT2D eigenvalue weighted by Gasteiger charge is 2.51. The highest BCUT2D eigenvalue weighted by molar-refractivity contribution is 5.85. The molecule has 82 valence electrons. The van der Waals surface area contributed by atoms with Gasteiger partial charge in [-0.15, -0.1) is 0 Å². The van der Waals surface area contributed by atoms with Crippen molar-refractivity contribution in [3.8, 4) is 0 Å². The van der Waals surface area contributed by atoms with E-state index in [1.54, 1.807) is 0 Å². The highest BCUT2D eigenvalue weighted by atomic mass is 16.4. The number of amidine groups is 1. The van der Waals surface area contributed by atoms with Crippen LogP contribution in [0.5, 0.6) is 0 Å². The Bertz CT molecular complexity index is 242. The Kier molecular flexibility index (Phi) is 3.17. The number of nitrogens with one attached hydrogen (secondary N) is 1. The summed E-state index contributed by atoms with van der Waals surface area (Å²) >= 11 is 0. The monoisotopic (exact) mass is 200 g/mol. The Morgan fingerprint density at radius 2 is 1.86 bits per heavy atom. The van der Waals surface area contributed by atoms with Crippen LogP contribution in [0.2, 0.25) is 0 Å². The lowest BCUT2D eigenvalue weighted by atomic mass is 9.96. The zero-order valence-electron chi connectivity index (χ0n) is 9.17. The summed E-state index contributed by atoms with van der Waals surface area (Å²) in [5.74, 6) is 0.709. The third-order valence-electron chi connectivity index (χ3n) is 2.82. The average Bonchev–Trinajstić information content (AvgIpc) is 2.41. The van der Waals surface area contributed by atoms with Crippen LogP contribution in [-0.2, 0) is 0 Å². The van der Waals surface area contributed by atoms with Gasteiger partial charge in [0.25, 0.3) is 0 Å². The molecule has 0 aromatic rings. The van der Waals surface area contributed by atoms with Gasteiger partial charge in [0.1, 0.15) is 5.84 Å². The van der Waals surface area contributed by atoms with Crippen molar-refractivity contribution in [3.05, 3.63) is 0 Å². The van der Waals surface area contributed by atoms with E-state index in [1.165, 1.54) is 0 Å². The van der Waals surface area contributed by atoms with Crippen molar-refractivity contribution in [1.29, 1.82) is 0 Å². The van der Waals surface area contributed by atoms with Gasteiger partial charge in [-0.1, -0.05) is 20.8 Å². The fourth-order valence-corrected chi connectivity index (χ4v) is 1.78. The van der Waals surface area contributed by atoms with E-state index >= 15 is 0 Å². The third-order valence-corrected chi connectivity index (χ3v) is 2.82. The molecule has 0 saturated carbocycles. The molecule has 1 aliphatic heterocycles. The van der Waals surface area contributed by atoms with Crippen LogP contribution >= 0.6 is 0 Å². The molecule has 0 spiro atoms. The van der Waals surface area contributed by atoms with Gasteiger partial charge in [-0.05, 0) is 19.3 Å². The summed E-state index contributed by atoms with van der Waals surface area (Å²) in [7, 11) is 0. The van der Waals surface area contributed by atoms with E-state index in [2.05, 4.69) is 10.3 Å². The first kappa shape index (κ1) is 11.5. The molecule has 3 N–H and O–H groups in total. The van der Waals surface area contributed by atoms with Gasteiger partial charge < -0.3 is 15.5 Å². The molecule has 14 heavy (non-hydrogen) atoms. The number of nitrogens with zero attached hydrogens (tertiary/aromatic N) is 1. The zero-order valence-corrected chi connectivity index (χ0v) is 9.17. The van der Waals surface area contributed by atoms with E-state index < -0.39 is 11.4 Å². The molecule has 0 aromatic heterocycles. The van der Waals surface area contributed by atoms with E-state index in [1.807, 2.05) is 20.8 Å². The van der Waals surface area contributed by atoms with Crippen LogP contribution in [0, 0.1) is 0 Å². The van der Waals surface area contributed by atoms with Gasteiger partial charge in [0.15, 0.2) is 5.72 Å². The molecule has 0 aromatic carbocycles. The van der Waals surface area contributed by atoms with Gasteiger partial charge in [-0.25, -0.2) is 4.99 Å². The van der Waals surface area contributed by atoms with Crippen molar-refractivity contribution < 1.29 is 10.2 Å². The molecule has 0 radical (unpaired) electrons. The molecule has 0 bridgehead atoms. The molecule has 1 heterocycles. The Labute approximate surface area is 85.1 Å². The van der Waals surface area contributed by atoms with Crippen molar-refractivity contribution in [2.45, 2.75) is 57.9 Å². The fourth-order valence-electron chi connectivity index (χ4n) is 1.78. The normalized spacial score (nSPS) is 36.8. The van der Waals surface area contributed by atoms with Crippen molar-refractivity contribution in [2.75, 3.05) is 0 Å². The number of aliphatic imine (C=N–C) groups is 1. The average molecular weight is 200 g/mol. The van der Waals surface area contributed by atoms with Gasteiger partial charge >= 0.3 is 0 Å². The second kappa shape index (κ2) is 3.87. The molecular weight excluding hydrogens is 180 g/mol. The third kappa shape index (κ3) is 1.64. The Hall–Kier alpha value is -0.610. The van der Waals surface area contributed by atoms with Crippen LogP contribution in [0.25, 0.3) is 0 Å². The van der Waals surface area contributed by atoms with E-state index in [9.17, 15) is 10.2 Å². The molecule has 2 atom stereocenters. The van der Waals surface area contributed by atoms with Crippen molar-refractivity contribution in [3.63, 3.8) is 0 Å². The largest absolute Gasteiger partial charge is 0.367 e. The topological polar surface area (TPSA) is 64.9 Å². The van der Waals surface area contributed by atoms with E-state index in [0.29, 0.717) is 18.7 Å². The van der Waals surface area contributed by atoms with Crippen molar-refractivity contribution in [2.24, 2.45) is 4.99 Å². The quantitative estimate of drug-likeness (QED) is 0.634. The van der Waals surface area contributed by atoms with E-state index in [-0.39, 0.29) is 0 Å². The van der Waals surface area contributed by atoms with Gasteiger partial charge in [0, 0.05) is 6.42 Å². The van der Waals surface area contributed by atoms with Gasteiger partial charge in [0.05, 0.1) is 0 Å². The first-order chi connectivity index (χ1) is 6.51. The molecular formula is C10H20N2O2.